The van der Waals surface area contributed by atoms with Crippen molar-refractivity contribution >= 4 is 58.0 Å². The molecule has 0 aliphatic carbocycles. The minimum absolute atomic E-state index is 0.0214. The molecule has 0 atom stereocenters. The maximum atomic E-state index is 10.8. The Morgan fingerprint density at radius 3 is 1.25 bits per heavy atom. The lowest BCUT2D eigenvalue weighted by Crippen LogP contribution is -2.13. The van der Waals surface area contributed by atoms with Gasteiger partial charge in [-0.3, -0.25) is 9.59 Å². The first-order valence-electron chi connectivity index (χ1n) is 3.07. The third-order valence-corrected chi connectivity index (χ3v) is 2.08. The second-order valence-electron chi connectivity index (χ2n) is 2.03. The largest absolute Gasteiger partial charge is 0.297 e. The quantitative estimate of drug-likeness (QED) is 0.704. The van der Waals surface area contributed by atoms with Gasteiger partial charge in [0.15, 0.2) is 21.2 Å². The molecule has 0 aliphatic heterocycles. The predicted octanol–water partition coefficient (Wildman–Crippen LogP) is 2.51. The van der Waals surface area contributed by atoms with E-state index in [0.29, 0.717) is 0 Å². The van der Waals surface area contributed by atoms with Gasteiger partial charge in [0.1, 0.15) is 0 Å². The number of rotatable bonds is 5. The third kappa shape index (κ3) is 5.20. The van der Waals surface area contributed by atoms with Crippen LogP contribution in [0.1, 0.15) is 12.8 Å². The molecule has 0 aromatic carbocycles. The molecule has 2 nitrogen and oxygen atoms in total. The number of hydrogen-bond donors (Lipinski definition) is 0. The van der Waals surface area contributed by atoms with Crippen LogP contribution in [0.15, 0.2) is 0 Å². The van der Waals surface area contributed by atoms with Gasteiger partial charge >= 0.3 is 0 Å². The molecule has 70 valence electrons. The fourth-order valence-corrected chi connectivity index (χ4v) is 0.901. The van der Waals surface area contributed by atoms with E-state index in [2.05, 4.69) is 0 Å². The minimum Gasteiger partial charge on any atom is -0.297 e. The van der Waals surface area contributed by atoms with Crippen LogP contribution in [-0.2, 0) is 9.59 Å². The molecular weight excluding hydrogens is 246 g/mol. The van der Waals surface area contributed by atoms with Gasteiger partial charge in [-0.15, -0.1) is 0 Å². The molecule has 6 heteroatoms. The lowest BCUT2D eigenvalue weighted by Gasteiger charge is -2.00. The number of halogens is 4. The van der Waals surface area contributed by atoms with E-state index in [0.717, 1.165) is 0 Å². The van der Waals surface area contributed by atoms with Gasteiger partial charge in [-0.25, -0.2) is 0 Å². The van der Waals surface area contributed by atoms with Gasteiger partial charge < -0.3 is 0 Å². The fourth-order valence-electron chi connectivity index (χ4n) is 0.465. The van der Waals surface area contributed by atoms with Crippen LogP contribution in [0, 0.1) is 0 Å². The van der Waals surface area contributed by atoms with Crippen molar-refractivity contribution in [1.82, 2.24) is 0 Å². The molecule has 0 heterocycles. The highest BCUT2D eigenvalue weighted by Gasteiger charge is 2.16. The highest BCUT2D eigenvalue weighted by atomic mass is 35.5. The average Bonchev–Trinajstić information content (AvgIpc) is 1.98. The molecule has 0 spiro atoms. The molecule has 0 bridgehead atoms. The normalized spacial score (nSPS) is 10.8. The van der Waals surface area contributed by atoms with Crippen LogP contribution in [-0.4, -0.2) is 21.2 Å². The van der Waals surface area contributed by atoms with Crippen LogP contribution in [0.25, 0.3) is 0 Å². The Balaban J connectivity index is 3.69. The molecule has 0 saturated heterocycles. The van der Waals surface area contributed by atoms with Gasteiger partial charge in [0, 0.05) is 12.8 Å². The topological polar surface area (TPSA) is 34.1 Å². The summed E-state index contributed by atoms with van der Waals surface area (Å²) in [6.07, 6.45) is -0.0428. The number of carbonyl (C=O) groups excluding carboxylic acids is 2. The number of hydrogen-bond acceptors (Lipinski definition) is 2. The molecule has 0 unspecified atom stereocenters. The van der Waals surface area contributed by atoms with Crippen LogP contribution >= 0.6 is 46.4 Å². The van der Waals surface area contributed by atoms with Crippen molar-refractivity contribution in [1.29, 1.82) is 0 Å². The summed E-state index contributed by atoms with van der Waals surface area (Å²) in [4.78, 5) is 19.4. The zero-order chi connectivity index (χ0) is 9.72. The minimum atomic E-state index is -1.08. The highest BCUT2D eigenvalue weighted by Crippen LogP contribution is 2.11. The van der Waals surface area contributed by atoms with Crippen molar-refractivity contribution in [3.05, 3.63) is 0 Å². The monoisotopic (exact) mass is 250 g/mol. The van der Waals surface area contributed by atoms with Crippen LogP contribution in [0.2, 0.25) is 0 Å². The average molecular weight is 252 g/mol. The van der Waals surface area contributed by atoms with E-state index < -0.39 is 21.2 Å². The Kier molecular flexibility index (Phi) is 6.28. The Bertz CT molecular complexity index is 158. The predicted molar refractivity (Wildman–Crippen MR) is 50.2 cm³/mol. The molecule has 0 rings (SSSR count). The molecule has 0 radical (unpaired) electrons. The van der Waals surface area contributed by atoms with E-state index in [9.17, 15) is 9.59 Å². The van der Waals surface area contributed by atoms with Gasteiger partial charge in [0.2, 0.25) is 0 Å². The Hall–Kier alpha value is 0.500. The van der Waals surface area contributed by atoms with Crippen molar-refractivity contribution in [3.63, 3.8) is 0 Å². The molecule has 0 amide bonds. The van der Waals surface area contributed by atoms with Crippen molar-refractivity contribution in [2.45, 2.75) is 22.5 Å². The molecule has 0 aliphatic rings. The van der Waals surface area contributed by atoms with Gasteiger partial charge in [-0.2, -0.15) is 0 Å². The number of carbonyl (C=O) groups is 2. The van der Waals surface area contributed by atoms with Crippen LogP contribution in [0.3, 0.4) is 0 Å². The van der Waals surface area contributed by atoms with Crippen LogP contribution in [0.5, 0.6) is 0 Å². The molecule has 12 heavy (non-hydrogen) atoms. The molecule has 0 aromatic rings. The maximum absolute atomic E-state index is 10.8. The number of Topliss-reactive ketones (excluding diaryl/α,β-unsaturated/α-hetero) is 2. The zero-order valence-corrected chi connectivity index (χ0v) is 8.92. The summed E-state index contributed by atoms with van der Waals surface area (Å²) in [5.74, 6) is -0.804. The number of alkyl halides is 4. The fraction of sp³-hybridized carbons (Fsp3) is 0.667. The summed E-state index contributed by atoms with van der Waals surface area (Å²) in [7, 11) is 0. The van der Waals surface area contributed by atoms with Gasteiger partial charge in [0.25, 0.3) is 0 Å². The second kappa shape index (κ2) is 6.03. The van der Waals surface area contributed by atoms with E-state index in [-0.39, 0.29) is 12.8 Å². The van der Waals surface area contributed by atoms with Gasteiger partial charge in [-0.05, 0) is 0 Å². The molecular formula is C6H6Cl4O2. The van der Waals surface area contributed by atoms with Crippen LogP contribution < -0.4 is 0 Å². The summed E-state index contributed by atoms with van der Waals surface area (Å²) in [6, 6.07) is 0. The molecule has 0 aromatic heterocycles. The first kappa shape index (κ1) is 12.5. The molecule has 0 saturated carbocycles. The third-order valence-electron chi connectivity index (χ3n) is 1.10. The van der Waals surface area contributed by atoms with Crippen molar-refractivity contribution in [2.24, 2.45) is 0 Å². The Labute approximate surface area is 90.1 Å². The highest BCUT2D eigenvalue weighted by molar-refractivity contribution is 6.54. The van der Waals surface area contributed by atoms with Crippen LogP contribution in [0.4, 0.5) is 0 Å². The van der Waals surface area contributed by atoms with E-state index in [1.54, 1.807) is 0 Å². The summed E-state index contributed by atoms with van der Waals surface area (Å²) in [6.45, 7) is 0. The van der Waals surface area contributed by atoms with E-state index in [1.807, 2.05) is 0 Å². The number of ketones is 2. The van der Waals surface area contributed by atoms with Crippen molar-refractivity contribution in [3.8, 4) is 0 Å². The van der Waals surface area contributed by atoms with Gasteiger partial charge in [-0.1, -0.05) is 46.4 Å². The first-order chi connectivity index (χ1) is 5.45. The zero-order valence-electron chi connectivity index (χ0n) is 5.90. The molecule has 0 fully saturated rings. The Morgan fingerprint density at radius 2 is 1.08 bits per heavy atom. The summed E-state index contributed by atoms with van der Waals surface area (Å²) in [5.41, 5.74) is 0. The van der Waals surface area contributed by atoms with E-state index in [4.69, 9.17) is 46.4 Å². The summed E-state index contributed by atoms with van der Waals surface area (Å²) in [5, 5.41) is 0. The summed E-state index contributed by atoms with van der Waals surface area (Å²) >= 11 is 20.9. The first-order valence-corrected chi connectivity index (χ1v) is 4.81. The van der Waals surface area contributed by atoms with Crippen molar-refractivity contribution < 1.29 is 9.59 Å². The van der Waals surface area contributed by atoms with Crippen molar-refractivity contribution in [2.75, 3.05) is 0 Å². The van der Waals surface area contributed by atoms with Gasteiger partial charge in [0.05, 0.1) is 0 Å². The summed E-state index contributed by atoms with van der Waals surface area (Å²) < 4.78 is 0. The molecule has 0 N–H and O–H groups in total. The second-order valence-corrected chi connectivity index (χ2v) is 4.23. The van der Waals surface area contributed by atoms with E-state index >= 15 is 0 Å². The Morgan fingerprint density at radius 1 is 0.833 bits per heavy atom. The smallest absolute Gasteiger partial charge is 0.166 e. The maximum Gasteiger partial charge on any atom is 0.166 e. The standard InChI is InChI=1S/C6H6Cl4O2/c7-5(8)3(11)1-2-4(12)6(9)10/h5-6H,1-2H2. The lowest BCUT2D eigenvalue weighted by molar-refractivity contribution is -0.122. The van der Waals surface area contributed by atoms with E-state index in [1.165, 1.54) is 0 Å². The SMILES string of the molecule is O=C(CCC(=O)C(Cl)Cl)C(Cl)Cl. The lowest BCUT2D eigenvalue weighted by atomic mass is 10.2.